The summed E-state index contributed by atoms with van der Waals surface area (Å²) in [4.78, 5) is 11.2. The van der Waals surface area contributed by atoms with E-state index in [-0.39, 0.29) is 5.56 Å². The van der Waals surface area contributed by atoms with Crippen LogP contribution in [0, 0.1) is 10.5 Å². The van der Waals surface area contributed by atoms with Gasteiger partial charge in [-0.3, -0.25) is 0 Å². The van der Waals surface area contributed by atoms with Gasteiger partial charge in [-0.15, -0.1) is 0 Å². The van der Waals surface area contributed by atoms with E-state index in [1.165, 1.54) is 0 Å². The fraction of sp³-hybridized carbons (Fsp3) is 0.500. The molecule has 1 aliphatic rings. The van der Waals surface area contributed by atoms with Gasteiger partial charge in [0.25, 0.3) is 0 Å². The smallest absolute Gasteiger partial charge is 0.478 e. The van der Waals surface area contributed by atoms with E-state index in [0.717, 1.165) is 14.6 Å². The Hall–Kier alpha value is -0.595. The van der Waals surface area contributed by atoms with Crippen molar-refractivity contribution in [3.05, 3.63) is 26.8 Å². The molecule has 0 unspecified atom stereocenters. The quantitative estimate of drug-likeness (QED) is 0.626. The van der Waals surface area contributed by atoms with Gasteiger partial charge >= 0.3 is 13.1 Å². The Labute approximate surface area is 133 Å². The molecule has 0 amide bonds. The van der Waals surface area contributed by atoms with Crippen LogP contribution < -0.4 is 5.46 Å². The molecule has 1 aromatic carbocycles. The lowest BCUT2D eigenvalue weighted by Gasteiger charge is -2.32. The molecule has 0 spiro atoms. The topological polar surface area (TPSA) is 55.8 Å². The van der Waals surface area contributed by atoms with Crippen molar-refractivity contribution in [1.29, 1.82) is 0 Å². The van der Waals surface area contributed by atoms with Gasteiger partial charge in [0.1, 0.15) is 0 Å². The molecule has 1 N–H and O–H groups in total. The molecule has 1 fully saturated rings. The Balaban J connectivity index is 2.47. The largest absolute Gasteiger partial charge is 0.495 e. The van der Waals surface area contributed by atoms with Gasteiger partial charge < -0.3 is 14.4 Å². The van der Waals surface area contributed by atoms with Gasteiger partial charge in [-0.25, -0.2) is 4.79 Å². The minimum absolute atomic E-state index is 0.254. The third kappa shape index (κ3) is 2.60. The van der Waals surface area contributed by atoms with Crippen LogP contribution in [-0.4, -0.2) is 29.4 Å². The molecule has 0 aromatic heterocycles. The summed E-state index contributed by atoms with van der Waals surface area (Å²) >= 11 is 2.14. The fourth-order valence-corrected chi connectivity index (χ4v) is 2.69. The summed E-state index contributed by atoms with van der Waals surface area (Å²) in [5.74, 6) is -0.944. The molecule has 0 radical (unpaired) electrons. The van der Waals surface area contributed by atoms with E-state index < -0.39 is 24.3 Å². The SMILES string of the molecule is Cc1c(I)cc(C(=O)O)cc1B1OC(C)(C)C(C)(C)O1. The molecule has 20 heavy (non-hydrogen) atoms. The highest BCUT2D eigenvalue weighted by Crippen LogP contribution is 2.36. The van der Waals surface area contributed by atoms with E-state index >= 15 is 0 Å². The molecule has 4 nitrogen and oxygen atoms in total. The van der Waals surface area contributed by atoms with Crippen LogP contribution >= 0.6 is 22.6 Å². The summed E-state index contributed by atoms with van der Waals surface area (Å²) in [7, 11) is -0.534. The van der Waals surface area contributed by atoms with Crippen LogP contribution in [0.1, 0.15) is 43.6 Å². The molecule has 108 valence electrons. The molecule has 1 aromatic rings. The number of carboxylic acids is 1. The van der Waals surface area contributed by atoms with E-state index in [1.807, 2.05) is 34.6 Å². The van der Waals surface area contributed by atoms with Crippen molar-refractivity contribution >= 4 is 41.1 Å². The van der Waals surface area contributed by atoms with E-state index in [1.54, 1.807) is 12.1 Å². The standard InChI is InChI=1S/C14H18BIO4/c1-8-10(6-9(12(17)18)7-11(8)16)15-19-13(2,3)14(4,5)20-15/h6-7H,1-5H3,(H,17,18). The molecule has 1 aliphatic heterocycles. The molecular formula is C14H18BIO4. The summed E-state index contributed by atoms with van der Waals surface area (Å²) in [6.07, 6.45) is 0. The second kappa shape index (κ2) is 5.00. The van der Waals surface area contributed by atoms with Crippen molar-refractivity contribution in [3.8, 4) is 0 Å². The Bertz CT molecular complexity index is 553. The van der Waals surface area contributed by atoms with Crippen LogP contribution in [0.4, 0.5) is 0 Å². The highest BCUT2D eigenvalue weighted by atomic mass is 127. The van der Waals surface area contributed by atoms with E-state index in [0.29, 0.717) is 0 Å². The monoisotopic (exact) mass is 388 g/mol. The molecular weight excluding hydrogens is 370 g/mol. The molecule has 1 saturated heterocycles. The number of carbonyl (C=O) groups is 1. The number of aromatic carboxylic acids is 1. The Morgan fingerprint density at radius 3 is 2.15 bits per heavy atom. The summed E-state index contributed by atoms with van der Waals surface area (Å²) in [6.45, 7) is 9.87. The first-order chi connectivity index (χ1) is 9.05. The number of rotatable bonds is 2. The lowest BCUT2D eigenvalue weighted by molar-refractivity contribution is 0.00578. The minimum atomic E-state index is -0.944. The second-order valence-electron chi connectivity index (χ2n) is 6.07. The molecule has 0 bridgehead atoms. The predicted octanol–water partition coefficient (Wildman–Crippen LogP) is 2.60. The summed E-state index contributed by atoms with van der Waals surface area (Å²) in [5.41, 5.74) is 1.16. The maximum absolute atomic E-state index is 11.2. The van der Waals surface area contributed by atoms with Crippen molar-refractivity contribution < 1.29 is 19.2 Å². The number of benzene rings is 1. The maximum Gasteiger partial charge on any atom is 0.495 e. The van der Waals surface area contributed by atoms with E-state index in [4.69, 9.17) is 9.31 Å². The number of hydrogen-bond donors (Lipinski definition) is 1. The summed E-state index contributed by atoms with van der Waals surface area (Å²) < 4.78 is 12.9. The number of carboxylic acid groups (broad SMARTS) is 1. The van der Waals surface area contributed by atoms with Crippen LogP contribution in [0.3, 0.4) is 0 Å². The average Bonchev–Trinajstić information content (AvgIpc) is 2.51. The highest BCUT2D eigenvalue weighted by molar-refractivity contribution is 14.1. The van der Waals surface area contributed by atoms with Crippen LogP contribution in [0.15, 0.2) is 12.1 Å². The first-order valence-electron chi connectivity index (χ1n) is 6.44. The van der Waals surface area contributed by atoms with Crippen LogP contribution in [0.2, 0.25) is 0 Å². The molecule has 0 aliphatic carbocycles. The molecule has 0 atom stereocenters. The molecule has 2 rings (SSSR count). The van der Waals surface area contributed by atoms with Gasteiger partial charge in [0.15, 0.2) is 0 Å². The minimum Gasteiger partial charge on any atom is -0.478 e. The zero-order chi connectivity index (χ0) is 15.3. The zero-order valence-corrected chi connectivity index (χ0v) is 14.4. The first-order valence-corrected chi connectivity index (χ1v) is 7.52. The van der Waals surface area contributed by atoms with Crippen molar-refractivity contribution in [1.82, 2.24) is 0 Å². The summed E-state index contributed by atoms with van der Waals surface area (Å²) in [6, 6.07) is 3.30. The van der Waals surface area contributed by atoms with Crippen LogP contribution in [0.25, 0.3) is 0 Å². The molecule has 6 heteroatoms. The van der Waals surface area contributed by atoms with Gasteiger partial charge in [-0.05, 0) is 80.4 Å². The number of hydrogen-bond acceptors (Lipinski definition) is 3. The van der Waals surface area contributed by atoms with Gasteiger partial charge in [0.05, 0.1) is 16.8 Å². The Morgan fingerprint density at radius 2 is 1.70 bits per heavy atom. The van der Waals surface area contributed by atoms with E-state index in [9.17, 15) is 9.90 Å². The van der Waals surface area contributed by atoms with Gasteiger partial charge in [-0.1, -0.05) is 0 Å². The zero-order valence-electron chi connectivity index (χ0n) is 12.3. The Kier molecular flexibility index (Phi) is 3.94. The lowest BCUT2D eigenvalue weighted by atomic mass is 9.75. The second-order valence-corrected chi connectivity index (χ2v) is 7.23. The lowest BCUT2D eigenvalue weighted by Crippen LogP contribution is -2.41. The van der Waals surface area contributed by atoms with Crippen LogP contribution in [-0.2, 0) is 9.31 Å². The van der Waals surface area contributed by atoms with Crippen molar-refractivity contribution in [2.75, 3.05) is 0 Å². The molecule has 1 heterocycles. The average molecular weight is 388 g/mol. The van der Waals surface area contributed by atoms with Crippen LogP contribution in [0.5, 0.6) is 0 Å². The van der Waals surface area contributed by atoms with Gasteiger partial charge in [0, 0.05) is 3.57 Å². The van der Waals surface area contributed by atoms with E-state index in [2.05, 4.69) is 22.6 Å². The van der Waals surface area contributed by atoms with Crippen molar-refractivity contribution in [2.45, 2.75) is 45.8 Å². The maximum atomic E-state index is 11.2. The van der Waals surface area contributed by atoms with Crippen molar-refractivity contribution in [2.24, 2.45) is 0 Å². The van der Waals surface area contributed by atoms with Gasteiger partial charge in [-0.2, -0.15) is 0 Å². The normalized spacial score (nSPS) is 20.2. The fourth-order valence-electron chi connectivity index (χ4n) is 2.04. The van der Waals surface area contributed by atoms with Crippen molar-refractivity contribution in [3.63, 3.8) is 0 Å². The third-order valence-electron chi connectivity index (χ3n) is 4.14. The third-order valence-corrected chi connectivity index (χ3v) is 5.26. The first kappa shape index (κ1) is 15.8. The Morgan fingerprint density at radius 1 is 1.20 bits per heavy atom. The number of halogens is 1. The summed E-state index contributed by atoms with van der Waals surface area (Å²) in [5, 5.41) is 9.19. The van der Waals surface area contributed by atoms with Gasteiger partial charge in [0.2, 0.25) is 0 Å². The predicted molar refractivity (Wildman–Crippen MR) is 86.6 cm³/mol. The highest BCUT2D eigenvalue weighted by Gasteiger charge is 2.52. The molecule has 0 saturated carbocycles.